The number of piperazine rings is 1. The van der Waals surface area contributed by atoms with Crippen LogP contribution >= 0.6 is 0 Å². The molecule has 1 N–H and O–H groups in total. The van der Waals surface area contributed by atoms with Gasteiger partial charge in [-0.3, -0.25) is 4.90 Å². The fourth-order valence-corrected chi connectivity index (χ4v) is 2.19. The molecule has 1 heterocycles. The van der Waals surface area contributed by atoms with Crippen molar-refractivity contribution in [3.8, 4) is 0 Å². The Labute approximate surface area is 118 Å². The van der Waals surface area contributed by atoms with E-state index in [1.165, 1.54) is 12.1 Å². The van der Waals surface area contributed by atoms with Gasteiger partial charge in [-0.1, -0.05) is 6.08 Å². The number of rotatable bonds is 4. The van der Waals surface area contributed by atoms with Crippen LogP contribution in [0.2, 0.25) is 0 Å². The van der Waals surface area contributed by atoms with Crippen LogP contribution < -0.4 is 4.90 Å². The first kappa shape index (κ1) is 14.5. The van der Waals surface area contributed by atoms with Crippen molar-refractivity contribution in [2.24, 2.45) is 0 Å². The molecule has 1 aromatic carbocycles. The van der Waals surface area contributed by atoms with Gasteiger partial charge in [-0.2, -0.15) is 0 Å². The highest BCUT2D eigenvalue weighted by atomic mass is 19.1. The second kappa shape index (κ2) is 6.52. The summed E-state index contributed by atoms with van der Waals surface area (Å²) in [4.78, 5) is 15.1. The average Bonchev–Trinajstić information content (AvgIpc) is 2.46. The lowest BCUT2D eigenvalue weighted by molar-refractivity contribution is -0.132. The first-order valence-electron chi connectivity index (χ1n) is 6.69. The quantitative estimate of drug-likeness (QED) is 0.855. The summed E-state index contributed by atoms with van der Waals surface area (Å²) in [6, 6.07) is 6.53. The number of benzene rings is 1. The predicted octanol–water partition coefficient (Wildman–Crippen LogP) is 1.98. The van der Waals surface area contributed by atoms with Crippen molar-refractivity contribution >= 4 is 11.7 Å². The minimum Gasteiger partial charge on any atom is -0.478 e. The van der Waals surface area contributed by atoms with E-state index in [1.54, 1.807) is 25.1 Å². The summed E-state index contributed by atoms with van der Waals surface area (Å²) in [7, 11) is 0. The Hall–Kier alpha value is -1.88. The van der Waals surface area contributed by atoms with Gasteiger partial charge in [0.05, 0.1) is 0 Å². The molecular weight excluding hydrogens is 259 g/mol. The Morgan fingerprint density at radius 2 is 1.85 bits per heavy atom. The van der Waals surface area contributed by atoms with Gasteiger partial charge in [0.25, 0.3) is 0 Å². The lowest BCUT2D eigenvalue weighted by atomic mass is 10.2. The topological polar surface area (TPSA) is 43.8 Å². The van der Waals surface area contributed by atoms with Crippen LogP contribution in [0.25, 0.3) is 0 Å². The van der Waals surface area contributed by atoms with Crippen molar-refractivity contribution in [1.29, 1.82) is 0 Å². The standard InChI is InChI=1S/C15H19FN2O2/c1-12(15(19)20)6-7-17-8-10-18(11-9-17)14-4-2-13(16)3-5-14/h2-6H,7-11H2,1H3,(H,19,20). The zero-order valence-electron chi connectivity index (χ0n) is 11.6. The van der Waals surface area contributed by atoms with E-state index in [1.807, 2.05) is 0 Å². The Morgan fingerprint density at radius 3 is 2.40 bits per heavy atom. The van der Waals surface area contributed by atoms with Crippen LogP contribution in [0.4, 0.5) is 10.1 Å². The Morgan fingerprint density at radius 1 is 1.25 bits per heavy atom. The highest BCUT2D eigenvalue weighted by Gasteiger charge is 2.16. The van der Waals surface area contributed by atoms with Crippen LogP contribution in [0, 0.1) is 5.82 Å². The molecular formula is C15H19FN2O2. The number of carboxylic acids is 1. The van der Waals surface area contributed by atoms with Gasteiger partial charge in [-0.05, 0) is 31.2 Å². The van der Waals surface area contributed by atoms with Gasteiger partial charge in [-0.25, -0.2) is 9.18 Å². The van der Waals surface area contributed by atoms with Gasteiger partial charge < -0.3 is 10.0 Å². The number of nitrogens with zero attached hydrogens (tertiary/aromatic N) is 2. The Balaban J connectivity index is 1.85. The van der Waals surface area contributed by atoms with Crippen molar-refractivity contribution in [3.05, 3.63) is 41.7 Å². The Bertz CT molecular complexity index is 491. The van der Waals surface area contributed by atoms with Gasteiger partial charge in [0.1, 0.15) is 5.82 Å². The minimum absolute atomic E-state index is 0.221. The molecule has 1 fully saturated rings. The number of carbonyl (C=O) groups is 1. The molecule has 0 aromatic heterocycles. The van der Waals surface area contributed by atoms with Crippen molar-refractivity contribution < 1.29 is 14.3 Å². The van der Waals surface area contributed by atoms with Gasteiger partial charge in [0.15, 0.2) is 0 Å². The van der Waals surface area contributed by atoms with Crippen molar-refractivity contribution in [1.82, 2.24) is 4.90 Å². The summed E-state index contributed by atoms with van der Waals surface area (Å²) in [6.45, 7) is 5.76. The van der Waals surface area contributed by atoms with Gasteiger partial charge >= 0.3 is 5.97 Å². The normalized spacial score (nSPS) is 17.3. The molecule has 0 aliphatic carbocycles. The van der Waals surface area contributed by atoms with E-state index in [2.05, 4.69) is 9.80 Å². The average molecular weight is 278 g/mol. The van der Waals surface area contributed by atoms with E-state index in [4.69, 9.17) is 5.11 Å². The summed E-state index contributed by atoms with van der Waals surface area (Å²) in [5.41, 5.74) is 1.41. The maximum atomic E-state index is 12.9. The van der Waals surface area contributed by atoms with Crippen LogP contribution in [0.5, 0.6) is 0 Å². The maximum absolute atomic E-state index is 12.9. The van der Waals surface area contributed by atoms with E-state index < -0.39 is 5.97 Å². The van der Waals surface area contributed by atoms with Gasteiger partial charge in [0.2, 0.25) is 0 Å². The molecule has 5 heteroatoms. The van der Waals surface area contributed by atoms with Crippen molar-refractivity contribution in [2.75, 3.05) is 37.6 Å². The molecule has 0 radical (unpaired) electrons. The molecule has 0 bridgehead atoms. The van der Waals surface area contributed by atoms with Crippen LogP contribution in [0.3, 0.4) is 0 Å². The molecule has 1 aliphatic heterocycles. The fraction of sp³-hybridized carbons (Fsp3) is 0.400. The van der Waals surface area contributed by atoms with E-state index >= 15 is 0 Å². The zero-order valence-corrected chi connectivity index (χ0v) is 11.6. The Kier molecular flexibility index (Phi) is 4.74. The van der Waals surface area contributed by atoms with E-state index in [0.717, 1.165) is 31.9 Å². The number of carboxylic acid groups (broad SMARTS) is 1. The monoisotopic (exact) mass is 278 g/mol. The first-order valence-corrected chi connectivity index (χ1v) is 6.69. The summed E-state index contributed by atoms with van der Waals surface area (Å²) in [5, 5.41) is 8.80. The number of hydrogen-bond acceptors (Lipinski definition) is 3. The minimum atomic E-state index is -0.866. The number of anilines is 1. The molecule has 0 amide bonds. The predicted molar refractivity (Wildman–Crippen MR) is 76.4 cm³/mol. The van der Waals surface area contributed by atoms with Crippen molar-refractivity contribution in [3.63, 3.8) is 0 Å². The summed E-state index contributed by atoms with van der Waals surface area (Å²) >= 11 is 0. The highest BCUT2D eigenvalue weighted by molar-refractivity contribution is 5.85. The third-order valence-corrected chi connectivity index (χ3v) is 3.56. The third-order valence-electron chi connectivity index (χ3n) is 3.56. The number of aliphatic carboxylic acids is 1. The first-order chi connectivity index (χ1) is 9.56. The molecule has 108 valence electrons. The largest absolute Gasteiger partial charge is 0.478 e. The number of hydrogen-bond donors (Lipinski definition) is 1. The summed E-state index contributed by atoms with van der Waals surface area (Å²) < 4.78 is 12.9. The van der Waals surface area contributed by atoms with Gasteiger partial charge in [-0.15, -0.1) is 0 Å². The number of halogens is 1. The van der Waals surface area contributed by atoms with Crippen molar-refractivity contribution in [2.45, 2.75) is 6.92 Å². The van der Waals surface area contributed by atoms with Gasteiger partial charge in [0, 0.05) is 44.0 Å². The highest BCUT2D eigenvalue weighted by Crippen LogP contribution is 2.16. The molecule has 0 unspecified atom stereocenters. The van der Waals surface area contributed by atoms with Crippen LogP contribution in [-0.4, -0.2) is 48.7 Å². The molecule has 0 saturated carbocycles. The second-order valence-electron chi connectivity index (χ2n) is 4.96. The van der Waals surface area contributed by atoms with E-state index in [9.17, 15) is 9.18 Å². The van der Waals surface area contributed by atoms with E-state index in [0.29, 0.717) is 12.1 Å². The summed E-state index contributed by atoms with van der Waals surface area (Å²) in [5.74, 6) is -1.09. The molecule has 4 nitrogen and oxygen atoms in total. The van der Waals surface area contributed by atoms with Crippen LogP contribution in [-0.2, 0) is 4.79 Å². The van der Waals surface area contributed by atoms with Crippen LogP contribution in [0.1, 0.15) is 6.92 Å². The maximum Gasteiger partial charge on any atom is 0.330 e. The zero-order chi connectivity index (χ0) is 14.5. The SMILES string of the molecule is CC(=CCN1CCN(c2ccc(F)cc2)CC1)C(=O)O. The molecule has 0 spiro atoms. The lowest BCUT2D eigenvalue weighted by Gasteiger charge is -2.35. The molecule has 1 aromatic rings. The molecule has 20 heavy (non-hydrogen) atoms. The molecule has 1 aliphatic rings. The van der Waals surface area contributed by atoms with Crippen LogP contribution in [0.15, 0.2) is 35.9 Å². The third kappa shape index (κ3) is 3.81. The second-order valence-corrected chi connectivity index (χ2v) is 4.96. The summed E-state index contributed by atoms with van der Waals surface area (Å²) in [6.07, 6.45) is 1.75. The smallest absolute Gasteiger partial charge is 0.330 e. The van der Waals surface area contributed by atoms with E-state index in [-0.39, 0.29) is 5.82 Å². The molecule has 1 saturated heterocycles. The molecule has 0 atom stereocenters. The fourth-order valence-electron chi connectivity index (χ4n) is 2.19. The lowest BCUT2D eigenvalue weighted by Crippen LogP contribution is -2.46. The molecule has 2 rings (SSSR count).